The topological polar surface area (TPSA) is 106 Å². The van der Waals surface area contributed by atoms with Gasteiger partial charge in [-0.25, -0.2) is 18.6 Å². The molecule has 4 aromatic rings. The largest absolute Gasteiger partial charge is 0.450 e. The number of fused-ring (bicyclic) bond motifs is 1. The average molecular weight is 470 g/mol. The molecule has 3 heterocycles. The molecule has 0 bridgehead atoms. The summed E-state index contributed by atoms with van der Waals surface area (Å²) in [5.74, 6) is -2.34. The number of methoxy groups -OCH3 is 1. The van der Waals surface area contributed by atoms with E-state index in [-0.39, 0.29) is 24.0 Å². The fraction of sp³-hybridized carbons (Fsp3) is 0.261. The summed E-state index contributed by atoms with van der Waals surface area (Å²) in [6.45, 7) is 4.58. The number of carbonyl (C=O) groups is 1. The van der Waals surface area contributed by atoms with Crippen molar-refractivity contribution in [2.45, 2.75) is 19.9 Å². The van der Waals surface area contributed by atoms with Gasteiger partial charge >= 0.3 is 6.03 Å². The van der Waals surface area contributed by atoms with E-state index >= 15 is 0 Å². The molecule has 0 unspecified atom stereocenters. The highest BCUT2D eigenvalue weighted by molar-refractivity contribution is 5.97. The first kappa shape index (κ1) is 23.2. The van der Waals surface area contributed by atoms with Crippen LogP contribution in [-0.4, -0.2) is 46.0 Å². The summed E-state index contributed by atoms with van der Waals surface area (Å²) in [6, 6.07) is 4.89. The van der Waals surface area contributed by atoms with Crippen LogP contribution in [-0.2, 0) is 4.74 Å². The minimum atomic E-state index is -0.974. The van der Waals surface area contributed by atoms with Crippen LogP contribution < -0.4 is 15.4 Å². The van der Waals surface area contributed by atoms with Crippen LogP contribution in [0.4, 0.5) is 19.3 Å². The van der Waals surface area contributed by atoms with Gasteiger partial charge in [-0.2, -0.15) is 5.10 Å². The lowest BCUT2D eigenvalue weighted by Crippen LogP contribution is -2.31. The van der Waals surface area contributed by atoms with Crippen molar-refractivity contribution in [2.75, 3.05) is 25.6 Å². The number of ether oxygens (including phenoxy) is 2. The molecule has 0 saturated carbocycles. The molecule has 3 aromatic heterocycles. The first-order valence-electron chi connectivity index (χ1n) is 10.6. The summed E-state index contributed by atoms with van der Waals surface area (Å²) in [5, 5.41) is 9.98. The summed E-state index contributed by atoms with van der Waals surface area (Å²) < 4.78 is 41.9. The number of hydrogen-bond acceptors (Lipinski definition) is 5. The molecule has 178 valence electrons. The lowest BCUT2D eigenvalue weighted by Gasteiger charge is -2.12. The molecule has 0 fully saturated rings. The number of aromatic nitrogens is 4. The van der Waals surface area contributed by atoms with Crippen LogP contribution in [0.5, 0.6) is 11.5 Å². The summed E-state index contributed by atoms with van der Waals surface area (Å²) >= 11 is 0. The predicted molar refractivity (Wildman–Crippen MR) is 123 cm³/mol. The van der Waals surface area contributed by atoms with Gasteiger partial charge in [-0.1, -0.05) is 0 Å². The van der Waals surface area contributed by atoms with E-state index in [1.165, 1.54) is 19.4 Å². The highest BCUT2D eigenvalue weighted by Crippen LogP contribution is 2.38. The van der Waals surface area contributed by atoms with E-state index < -0.39 is 23.4 Å². The molecule has 0 atom stereocenters. The second-order valence-electron chi connectivity index (χ2n) is 7.75. The van der Waals surface area contributed by atoms with E-state index in [2.05, 4.69) is 25.7 Å². The van der Waals surface area contributed by atoms with Gasteiger partial charge in [0, 0.05) is 61.7 Å². The maximum atomic E-state index is 14.8. The molecule has 0 aliphatic carbocycles. The Morgan fingerprint density at radius 1 is 1.24 bits per heavy atom. The molecule has 0 aliphatic heterocycles. The molecule has 11 heteroatoms. The number of aromatic amines is 1. The number of carbonyl (C=O) groups excluding carboxylic acids is 1. The van der Waals surface area contributed by atoms with Crippen molar-refractivity contribution in [1.29, 1.82) is 0 Å². The third-order valence-electron chi connectivity index (χ3n) is 5.01. The molecule has 0 spiro atoms. The van der Waals surface area contributed by atoms with Gasteiger partial charge in [-0.05, 0) is 26.0 Å². The fourth-order valence-corrected chi connectivity index (χ4v) is 3.36. The van der Waals surface area contributed by atoms with Crippen molar-refractivity contribution in [3.05, 3.63) is 54.5 Å². The van der Waals surface area contributed by atoms with E-state index in [1.54, 1.807) is 6.20 Å². The van der Waals surface area contributed by atoms with Gasteiger partial charge in [0.2, 0.25) is 0 Å². The predicted octanol–water partition coefficient (Wildman–Crippen LogP) is 4.85. The van der Waals surface area contributed by atoms with Gasteiger partial charge < -0.3 is 25.1 Å². The molecule has 3 N–H and O–H groups in total. The lowest BCUT2D eigenvalue weighted by atomic mass is 10.1. The molecule has 0 radical (unpaired) electrons. The monoisotopic (exact) mass is 470 g/mol. The smallest absolute Gasteiger partial charge is 0.319 e. The molecule has 34 heavy (non-hydrogen) atoms. The number of anilines is 1. The Bertz CT molecular complexity index is 1290. The number of pyridine rings is 1. The number of urea groups is 1. The van der Waals surface area contributed by atoms with Gasteiger partial charge in [0.15, 0.2) is 17.4 Å². The van der Waals surface area contributed by atoms with Crippen LogP contribution in [0.2, 0.25) is 0 Å². The van der Waals surface area contributed by atoms with Gasteiger partial charge in [0.05, 0.1) is 17.7 Å². The molecule has 9 nitrogen and oxygen atoms in total. The third kappa shape index (κ3) is 4.84. The Balaban J connectivity index is 1.62. The summed E-state index contributed by atoms with van der Waals surface area (Å²) in [7, 11) is 1.49. The van der Waals surface area contributed by atoms with E-state index in [1.807, 2.05) is 30.8 Å². The van der Waals surface area contributed by atoms with Crippen LogP contribution in [0.15, 0.2) is 42.9 Å². The number of benzene rings is 1. The third-order valence-corrected chi connectivity index (χ3v) is 5.01. The van der Waals surface area contributed by atoms with Crippen molar-refractivity contribution in [2.24, 2.45) is 0 Å². The Morgan fingerprint density at radius 3 is 2.68 bits per heavy atom. The summed E-state index contributed by atoms with van der Waals surface area (Å²) in [4.78, 5) is 19.2. The number of hydrogen-bond donors (Lipinski definition) is 3. The molecule has 2 amide bonds. The lowest BCUT2D eigenvalue weighted by molar-refractivity contribution is 0.198. The second kappa shape index (κ2) is 9.87. The number of nitrogens with zero attached hydrogens (tertiary/aromatic N) is 3. The minimum absolute atomic E-state index is 0.0568. The van der Waals surface area contributed by atoms with Crippen molar-refractivity contribution >= 4 is 22.8 Å². The SMILES string of the molecule is COCCNC(=O)Nc1cc(F)c(Oc2ccnc3[nH]cc(-c4ccn(C(C)C)n4)c23)c(F)c1. The number of amides is 2. The normalized spacial score (nSPS) is 11.2. The van der Waals surface area contributed by atoms with E-state index in [4.69, 9.17) is 9.47 Å². The van der Waals surface area contributed by atoms with Crippen LogP contribution in [0, 0.1) is 11.6 Å². The highest BCUT2D eigenvalue weighted by Gasteiger charge is 2.20. The Kier molecular flexibility index (Phi) is 6.73. The van der Waals surface area contributed by atoms with Gasteiger partial charge in [0.1, 0.15) is 11.4 Å². The van der Waals surface area contributed by atoms with E-state index in [0.717, 1.165) is 12.1 Å². The molecule has 1 aromatic carbocycles. The van der Waals surface area contributed by atoms with Gasteiger partial charge in [0.25, 0.3) is 0 Å². The van der Waals surface area contributed by atoms with Crippen molar-refractivity contribution < 1.29 is 23.0 Å². The van der Waals surface area contributed by atoms with Gasteiger partial charge in [-0.15, -0.1) is 0 Å². The number of nitrogens with one attached hydrogen (secondary N) is 3. The molecule has 0 aliphatic rings. The van der Waals surface area contributed by atoms with Crippen LogP contribution >= 0.6 is 0 Å². The molecule has 0 saturated heterocycles. The van der Waals surface area contributed by atoms with Gasteiger partial charge in [-0.3, -0.25) is 4.68 Å². The van der Waals surface area contributed by atoms with E-state index in [9.17, 15) is 13.6 Å². The Hall–Kier alpha value is -3.99. The Morgan fingerprint density at radius 2 is 2.00 bits per heavy atom. The average Bonchev–Trinajstić information content (AvgIpc) is 3.44. The summed E-state index contributed by atoms with van der Waals surface area (Å²) in [6.07, 6.45) is 5.05. The van der Waals surface area contributed by atoms with Crippen molar-refractivity contribution in [3.63, 3.8) is 0 Å². The number of rotatable bonds is 8. The Labute approximate surface area is 194 Å². The van der Waals surface area contributed by atoms with E-state index in [0.29, 0.717) is 28.9 Å². The first-order valence-corrected chi connectivity index (χ1v) is 10.6. The van der Waals surface area contributed by atoms with Crippen molar-refractivity contribution in [1.82, 2.24) is 25.1 Å². The minimum Gasteiger partial charge on any atom is -0.450 e. The molecular weight excluding hydrogens is 446 g/mol. The maximum Gasteiger partial charge on any atom is 0.319 e. The summed E-state index contributed by atoms with van der Waals surface area (Å²) in [5.41, 5.74) is 1.78. The highest BCUT2D eigenvalue weighted by atomic mass is 19.1. The zero-order valence-electron chi connectivity index (χ0n) is 18.9. The zero-order valence-corrected chi connectivity index (χ0v) is 18.9. The van der Waals surface area contributed by atoms with Crippen molar-refractivity contribution in [3.8, 4) is 22.8 Å². The molecular formula is C23H24F2N6O3. The van der Waals surface area contributed by atoms with Crippen LogP contribution in [0.3, 0.4) is 0 Å². The molecule has 4 rings (SSSR count). The number of halogens is 2. The van der Waals surface area contributed by atoms with Crippen LogP contribution in [0.1, 0.15) is 19.9 Å². The number of H-pyrrole nitrogens is 1. The quantitative estimate of drug-likeness (QED) is 0.319. The zero-order chi connectivity index (χ0) is 24.2. The van der Waals surface area contributed by atoms with Crippen LogP contribution in [0.25, 0.3) is 22.3 Å². The standard InChI is InChI=1S/C23H24F2N6O3/c1-13(2)31-8-5-18(30-31)15-12-28-22-20(15)19(4-6-26-22)34-21-16(24)10-14(11-17(21)25)29-23(32)27-7-9-33-3/h4-6,8,10-13H,7,9H2,1-3H3,(H,26,28)(H2,27,29,32). The second-order valence-corrected chi connectivity index (χ2v) is 7.75. The first-order chi connectivity index (χ1) is 16.4. The maximum absolute atomic E-state index is 14.8. The fourth-order valence-electron chi connectivity index (χ4n) is 3.36.